The van der Waals surface area contributed by atoms with Gasteiger partial charge in [-0.3, -0.25) is 9.59 Å². The molecular formula is C52H97NO5. The van der Waals surface area contributed by atoms with E-state index in [2.05, 4.69) is 62.5 Å². The number of amides is 1. The van der Waals surface area contributed by atoms with Gasteiger partial charge in [-0.2, -0.15) is 0 Å². The maximum atomic E-state index is 13.2. The topological polar surface area (TPSA) is 95.9 Å². The summed E-state index contributed by atoms with van der Waals surface area (Å²) < 4.78 is 5.92. The van der Waals surface area contributed by atoms with E-state index in [0.717, 1.165) is 77.0 Å². The molecule has 1 amide bonds. The molecule has 0 aromatic carbocycles. The normalized spacial score (nSPS) is 13.5. The van der Waals surface area contributed by atoms with Crippen molar-refractivity contribution in [2.75, 3.05) is 6.61 Å². The summed E-state index contributed by atoms with van der Waals surface area (Å²) in [6, 6.07) is -0.701. The lowest BCUT2D eigenvalue weighted by molar-refractivity contribution is -0.151. The largest absolute Gasteiger partial charge is 0.462 e. The van der Waals surface area contributed by atoms with E-state index < -0.39 is 18.2 Å². The fourth-order valence-corrected chi connectivity index (χ4v) is 7.61. The molecule has 0 aliphatic rings. The van der Waals surface area contributed by atoms with Crippen molar-refractivity contribution in [1.29, 1.82) is 0 Å². The number of aliphatic hydroxyl groups is 2. The number of ether oxygens (including phenoxy) is 1. The number of unbranched alkanes of at least 4 members (excludes halogenated alkanes) is 27. The minimum Gasteiger partial charge on any atom is -0.462 e. The first kappa shape index (κ1) is 56.1. The Morgan fingerprint density at radius 3 is 1.36 bits per heavy atom. The highest BCUT2D eigenvalue weighted by molar-refractivity contribution is 5.77. The Labute approximate surface area is 360 Å². The van der Waals surface area contributed by atoms with Crippen LogP contribution in [-0.4, -0.2) is 46.9 Å². The predicted molar refractivity (Wildman–Crippen MR) is 250 cm³/mol. The number of carbonyl (C=O) groups excluding carboxylic acids is 2. The molecule has 3 N–H and O–H groups in total. The van der Waals surface area contributed by atoms with Gasteiger partial charge in [-0.05, 0) is 64.2 Å². The highest BCUT2D eigenvalue weighted by Gasteiger charge is 2.24. The lowest BCUT2D eigenvalue weighted by atomic mass is 10.0. The Kier molecular flexibility index (Phi) is 44.6. The summed E-state index contributed by atoms with van der Waals surface area (Å²) in [5.41, 5.74) is 0. The number of nitrogens with one attached hydrogen (secondary N) is 1. The van der Waals surface area contributed by atoms with Crippen LogP contribution in [0.5, 0.6) is 0 Å². The molecule has 3 atom stereocenters. The zero-order chi connectivity index (χ0) is 42.4. The first-order valence-corrected chi connectivity index (χ1v) is 25.2. The number of allylic oxidation sites excluding steroid dienone is 6. The van der Waals surface area contributed by atoms with E-state index in [4.69, 9.17) is 4.74 Å². The number of rotatable bonds is 45. The molecule has 0 aromatic rings. The molecule has 0 radical (unpaired) electrons. The first-order valence-electron chi connectivity index (χ1n) is 25.2. The van der Waals surface area contributed by atoms with Gasteiger partial charge in [0.2, 0.25) is 5.91 Å². The third-order valence-corrected chi connectivity index (χ3v) is 11.5. The molecule has 0 bridgehead atoms. The molecule has 0 fully saturated rings. The summed E-state index contributed by atoms with van der Waals surface area (Å²) in [5.74, 6) is -0.491. The van der Waals surface area contributed by atoms with Crippen LogP contribution in [0.2, 0.25) is 0 Å². The number of aliphatic hydroxyl groups excluding tert-OH is 2. The molecule has 0 saturated carbocycles. The van der Waals surface area contributed by atoms with Crippen LogP contribution in [0.15, 0.2) is 36.5 Å². The highest BCUT2D eigenvalue weighted by atomic mass is 16.5. The van der Waals surface area contributed by atoms with Crippen LogP contribution in [0.25, 0.3) is 0 Å². The van der Waals surface area contributed by atoms with E-state index in [1.54, 1.807) is 0 Å². The number of hydrogen-bond donors (Lipinski definition) is 3. The summed E-state index contributed by atoms with van der Waals surface area (Å²) >= 11 is 0. The number of carbonyl (C=O) groups is 2. The van der Waals surface area contributed by atoms with Gasteiger partial charge in [0.25, 0.3) is 0 Å². The fraction of sp³-hybridized carbons (Fsp3) is 0.846. The molecule has 0 aromatic heterocycles. The van der Waals surface area contributed by atoms with Gasteiger partial charge in [-0.1, -0.05) is 218 Å². The minimum absolute atomic E-state index is 0.0719. The Morgan fingerprint density at radius 2 is 0.879 bits per heavy atom. The summed E-state index contributed by atoms with van der Waals surface area (Å²) in [5, 5.41) is 23.7. The van der Waals surface area contributed by atoms with Gasteiger partial charge in [0.05, 0.1) is 25.2 Å². The molecule has 0 heterocycles. The van der Waals surface area contributed by atoms with Crippen molar-refractivity contribution in [3.63, 3.8) is 0 Å². The second kappa shape index (κ2) is 46.2. The number of esters is 1. The van der Waals surface area contributed by atoms with E-state index in [-0.39, 0.29) is 24.9 Å². The van der Waals surface area contributed by atoms with E-state index in [0.29, 0.717) is 19.3 Å². The molecule has 0 spiro atoms. The molecule has 3 unspecified atom stereocenters. The van der Waals surface area contributed by atoms with Crippen LogP contribution in [0, 0.1) is 0 Å². The van der Waals surface area contributed by atoms with Gasteiger partial charge in [0.15, 0.2) is 0 Å². The average molecular weight is 816 g/mol. The lowest BCUT2D eigenvalue weighted by Crippen LogP contribution is -2.46. The molecule has 6 nitrogen and oxygen atoms in total. The van der Waals surface area contributed by atoms with Crippen molar-refractivity contribution in [1.82, 2.24) is 5.32 Å². The Morgan fingerprint density at radius 1 is 0.500 bits per heavy atom. The molecule has 0 saturated heterocycles. The van der Waals surface area contributed by atoms with E-state index in [9.17, 15) is 19.8 Å². The van der Waals surface area contributed by atoms with E-state index in [1.165, 1.54) is 135 Å². The Hall–Kier alpha value is -1.92. The average Bonchev–Trinajstić information content (AvgIpc) is 3.22. The van der Waals surface area contributed by atoms with Crippen molar-refractivity contribution >= 4 is 11.9 Å². The van der Waals surface area contributed by atoms with Crippen molar-refractivity contribution in [2.24, 2.45) is 0 Å². The molecule has 58 heavy (non-hydrogen) atoms. The van der Waals surface area contributed by atoms with Gasteiger partial charge in [0, 0.05) is 6.42 Å². The maximum Gasteiger partial charge on any atom is 0.306 e. The van der Waals surface area contributed by atoms with Crippen LogP contribution in [0.4, 0.5) is 0 Å². The molecule has 0 aliphatic carbocycles. The van der Waals surface area contributed by atoms with Gasteiger partial charge in [-0.15, -0.1) is 0 Å². The van der Waals surface area contributed by atoms with Gasteiger partial charge in [0.1, 0.15) is 6.10 Å². The summed E-state index contributed by atoms with van der Waals surface area (Å²) in [6.45, 7) is 6.44. The molecule has 6 heteroatoms. The van der Waals surface area contributed by atoms with Crippen LogP contribution in [0.3, 0.4) is 0 Å². The number of hydrogen-bond acceptors (Lipinski definition) is 5. The van der Waals surface area contributed by atoms with Crippen molar-refractivity contribution in [3.05, 3.63) is 36.5 Å². The monoisotopic (exact) mass is 816 g/mol. The molecular weight excluding hydrogens is 719 g/mol. The zero-order valence-corrected chi connectivity index (χ0v) is 38.7. The summed E-state index contributed by atoms with van der Waals surface area (Å²) in [4.78, 5) is 26.1. The third-order valence-electron chi connectivity index (χ3n) is 11.5. The Balaban J connectivity index is 4.58. The summed E-state index contributed by atoms with van der Waals surface area (Å²) in [6.07, 6.45) is 53.4. The van der Waals surface area contributed by atoms with Crippen LogP contribution in [0.1, 0.15) is 258 Å². The van der Waals surface area contributed by atoms with E-state index in [1.807, 2.05) is 0 Å². The highest BCUT2D eigenvalue weighted by Crippen LogP contribution is 2.18. The summed E-state index contributed by atoms with van der Waals surface area (Å²) in [7, 11) is 0. The van der Waals surface area contributed by atoms with Crippen LogP contribution < -0.4 is 5.32 Å². The van der Waals surface area contributed by atoms with Gasteiger partial charge in [-0.25, -0.2) is 0 Å². The molecule has 0 aliphatic heterocycles. The second-order valence-corrected chi connectivity index (χ2v) is 17.2. The van der Waals surface area contributed by atoms with E-state index >= 15 is 0 Å². The smallest absolute Gasteiger partial charge is 0.306 e. The first-order chi connectivity index (χ1) is 28.5. The maximum absolute atomic E-state index is 13.2. The second-order valence-electron chi connectivity index (χ2n) is 17.2. The minimum atomic E-state index is -0.787. The third kappa shape index (κ3) is 40.8. The molecule has 0 rings (SSSR count). The molecule has 340 valence electrons. The van der Waals surface area contributed by atoms with Crippen LogP contribution >= 0.6 is 0 Å². The lowest BCUT2D eigenvalue weighted by Gasteiger charge is -2.24. The zero-order valence-electron chi connectivity index (χ0n) is 38.7. The van der Waals surface area contributed by atoms with Crippen molar-refractivity contribution in [2.45, 2.75) is 277 Å². The standard InChI is InChI=1S/C52H97NO5/c1-4-7-10-13-16-19-21-23-24-25-26-28-30-33-36-39-42-45-52(57)58-48(43-40-37-34-32-29-27-22-20-17-14-11-8-5-2)46-51(56)53-49(47-54)50(55)44-41-38-35-31-18-15-12-9-6-3/h16,19,23-24,26,28,48-50,54-55H,4-15,17-18,20-22,25,27,29-47H2,1-3H3,(H,53,56)/b19-16-,24-23-,28-26-. The SMILES string of the molecule is CCCCC/C=C\C/C=C\C/C=C\CCCCCCC(=O)OC(CCCCCCCCCCCCCCC)CC(=O)NC(CO)C(O)CCCCCCCCCCC. The van der Waals surface area contributed by atoms with Crippen LogP contribution in [-0.2, 0) is 14.3 Å². The van der Waals surface area contributed by atoms with Crippen molar-refractivity contribution < 1.29 is 24.5 Å². The predicted octanol–water partition coefficient (Wildman–Crippen LogP) is 14.9. The Bertz CT molecular complexity index is 961. The van der Waals surface area contributed by atoms with Gasteiger partial charge >= 0.3 is 5.97 Å². The quantitative estimate of drug-likeness (QED) is 0.0323. The van der Waals surface area contributed by atoms with Gasteiger partial charge < -0.3 is 20.3 Å². The fourth-order valence-electron chi connectivity index (χ4n) is 7.61. The van der Waals surface area contributed by atoms with Crippen molar-refractivity contribution in [3.8, 4) is 0 Å².